The molecule has 1 saturated carbocycles. The minimum absolute atomic E-state index is 0.143. The fraction of sp³-hybridized carbons (Fsp3) is 0.600. The Morgan fingerprint density at radius 3 is 2.61 bits per heavy atom. The van der Waals surface area contributed by atoms with Crippen LogP contribution in [0.4, 0.5) is 0 Å². The number of hydrogen-bond donors (Lipinski definition) is 1. The Balaban J connectivity index is 2.33. The summed E-state index contributed by atoms with van der Waals surface area (Å²) in [5.74, 6) is 1.58. The lowest BCUT2D eigenvalue weighted by Crippen LogP contribution is -2.16. The standard InChI is InChI=1S/C15H23NO2/c1-10-8-11(2)14(13(9-10)17-3)15(12-4-5-12)18-7-6-16/h8-9,12,15H,4-7,16H2,1-3H3. The summed E-state index contributed by atoms with van der Waals surface area (Å²) in [7, 11) is 1.73. The van der Waals surface area contributed by atoms with E-state index in [4.69, 9.17) is 15.2 Å². The highest BCUT2D eigenvalue weighted by Crippen LogP contribution is 2.47. The van der Waals surface area contributed by atoms with Crippen LogP contribution in [0.3, 0.4) is 0 Å². The molecule has 0 aliphatic heterocycles. The monoisotopic (exact) mass is 249 g/mol. The molecule has 2 N–H and O–H groups in total. The Labute approximate surface area is 109 Å². The second-order valence-electron chi connectivity index (χ2n) is 5.12. The molecule has 2 rings (SSSR count). The van der Waals surface area contributed by atoms with Crippen LogP contribution < -0.4 is 10.5 Å². The summed E-state index contributed by atoms with van der Waals surface area (Å²) in [6.45, 7) is 5.40. The summed E-state index contributed by atoms with van der Waals surface area (Å²) in [6.07, 6.45) is 2.63. The molecule has 0 amide bonds. The van der Waals surface area contributed by atoms with Gasteiger partial charge in [0.2, 0.25) is 0 Å². The van der Waals surface area contributed by atoms with Gasteiger partial charge >= 0.3 is 0 Å². The van der Waals surface area contributed by atoms with Crippen molar-refractivity contribution in [2.75, 3.05) is 20.3 Å². The normalized spacial score (nSPS) is 16.7. The van der Waals surface area contributed by atoms with Crippen LogP contribution in [0.1, 0.15) is 35.6 Å². The number of nitrogens with two attached hydrogens (primary N) is 1. The van der Waals surface area contributed by atoms with Crippen LogP contribution in [0.25, 0.3) is 0 Å². The van der Waals surface area contributed by atoms with Gasteiger partial charge in [-0.2, -0.15) is 0 Å². The molecule has 0 aromatic heterocycles. The van der Waals surface area contributed by atoms with Crippen molar-refractivity contribution in [1.82, 2.24) is 0 Å². The van der Waals surface area contributed by atoms with Crippen molar-refractivity contribution in [3.8, 4) is 5.75 Å². The number of benzene rings is 1. The summed E-state index contributed by atoms with van der Waals surface area (Å²) >= 11 is 0. The molecule has 1 unspecified atom stereocenters. The first-order chi connectivity index (χ1) is 8.67. The Kier molecular flexibility index (Phi) is 4.25. The van der Waals surface area contributed by atoms with Gasteiger partial charge in [-0.15, -0.1) is 0 Å². The highest BCUT2D eigenvalue weighted by molar-refractivity contribution is 5.45. The van der Waals surface area contributed by atoms with Gasteiger partial charge in [-0.05, 0) is 49.8 Å². The minimum atomic E-state index is 0.143. The minimum Gasteiger partial charge on any atom is -0.496 e. The van der Waals surface area contributed by atoms with Gasteiger partial charge < -0.3 is 15.2 Å². The van der Waals surface area contributed by atoms with E-state index < -0.39 is 0 Å². The summed E-state index contributed by atoms with van der Waals surface area (Å²) < 4.78 is 11.5. The van der Waals surface area contributed by atoms with E-state index in [-0.39, 0.29) is 6.10 Å². The predicted molar refractivity (Wildman–Crippen MR) is 72.9 cm³/mol. The first-order valence-corrected chi connectivity index (χ1v) is 6.64. The second kappa shape index (κ2) is 5.72. The third-order valence-corrected chi connectivity index (χ3v) is 3.46. The average Bonchev–Trinajstić information content (AvgIpc) is 3.15. The maximum atomic E-state index is 5.96. The van der Waals surface area contributed by atoms with Gasteiger partial charge in [0.25, 0.3) is 0 Å². The maximum absolute atomic E-state index is 5.96. The fourth-order valence-electron chi connectivity index (χ4n) is 2.52. The number of hydrogen-bond acceptors (Lipinski definition) is 3. The quantitative estimate of drug-likeness (QED) is 0.843. The van der Waals surface area contributed by atoms with Crippen molar-refractivity contribution in [2.24, 2.45) is 11.7 Å². The summed E-state index contributed by atoms with van der Waals surface area (Å²) in [5, 5.41) is 0. The third-order valence-electron chi connectivity index (χ3n) is 3.46. The van der Waals surface area contributed by atoms with Gasteiger partial charge in [-0.3, -0.25) is 0 Å². The van der Waals surface area contributed by atoms with Crippen LogP contribution in [0.15, 0.2) is 12.1 Å². The Bertz CT molecular complexity index is 413. The van der Waals surface area contributed by atoms with Crippen molar-refractivity contribution >= 4 is 0 Å². The summed E-state index contributed by atoms with van der Waals surface area (Å²) in [6, 6.07) is 4.28. The van der Waals surface area contributed by atoms with Gasteiger partial charge in [-0.1, -0.05) is 6.07 Å². The van der Waals surface area contributed by atoms with E-state index in [1.165, 1.54) is 29.5 Å². The molecular formula is C15H23NO2. The third kappa shape index (κ3) is 2.85. The summed E-state index contributed by atoms with van der Waals surface area (Å²) in [4.78, 5) is 0. The molecular weight excluding hydrogens is 226 g/mol. The molecule has 1 fully saturated rings. The average molecular weight is 249 g/mol. The van der Waals surface area contributed by atoms with Crippen LogP contribution in [0, 0.1) is 19.8 Å². The van der Waals surface area contributed by atoms with E-state index in [1.54, 1.807) is 7.11 Å². The van der Waals surface area contributed by atoms with Crippen molar-refractivity contribution in [2.45, 2.75) is 32.8 Å². The van der Waals surface area contributed by atoms with Crippen LogP contribution in [-0.4, -0.2) is 20.3 Å². The fourth-order valence-corrected chi connectivity index (χ4v) is 2.52. The molecule has 100 valence electrons. The van der Waals surface area contributed by atoms with Gasteiger partial charge in [0.15, 0.2) is 0 Å². The SMILES string of the molecule is COc1cc(C)cc(C)c1C(OCCN)C1CC1. The van der Waals surface area contributed by atoms with E-state index in [0.717, 1.165) is 5.75 Å². The highest BCUT2D eigenvalue weighted by atomic mass is 16.5. The van der Waals surface area contributed by atoms with Crippen LogP contribution in [-0.2, 0) is 4.74 Å². The Hall–Kier alpha value is -1.06. The Morgan fingerprint density at radius 2 is 2.06 bits per heavy atom. The zero-order valence-corrected chi connectivity index (χ0v) is 11.5. The maximum Gasteiger partial charge on any atom is 0.125 e. The van der Waals surface area contributed by atoms with E-state index in [1.807, 2.05) is 0 Å². The van der Waals surface area contributed by atoms with Crippen molar-refractivity contribution in [1.29, 1.82) is 0 Å². The van der Waals surface area contributed by atoms with Crippen LogP contribution >= 0.6 is 0 Å². The zero-order chi connectivity index (χ0) is 13.1. The first-order valence-electron chi connectivity index (χ1n) is 6.64. The number of methoxy groups -OCH3 is 1. The molecule has 3 heteroatoms. The van der Waals surface area contributed by atoms with Crippen molar-refractivity contribution < 1.29 is 9.47 Å². The van der Waals surface area contributed by atoms with Gasteiger partial charge in [0, 0.05) is 12.1 Å². The molecule has 1 aromatic carbocycles. The lowest BCUT2D eigenvalue weighted by Gasteiger charge is -2.22. The molecule has 0 bridgehead atoms. The Morgan fingerprint density at radius 1 is 1.33 bits per heavy atom. The van der Waals surface area contributed by atoms with E-state index in [2.05, 4.69) is 26.0 Å². The molecule has 1 aromatic rings. The number of rotatable bonds is 6. The molecule has 1 aliphatic carbocycles. The molecule has 18 heavy (non-hydrogen) atoms. The van der Waals surface area contributed by atoms with Gasteiger partial charge in [0.1, 0.15) is 5.75 Å². The van der Waals surface area contributed by atoms with Gasteiger partial charge in [0.05, 0.1) is 19.8 Å². The summed E-state index contributed by atoms with van der Waals surface area (Å²) in [5.41, 5.74) is 9.23. The molecule has 1 aliphatic rings. The molecule has 0 radical (unpaired) electrons. The first kappa shape index (κ1) is 13.4. The van der Waals surface area contributed by atoms with Crippen LogP contribution in [0.5, 0.6) is 5.75 Å². The highest BCUT2D eigenvalue weighted by Gasteiger charge is 2.35. The molecule has 0 spiro atoms. The molecule has 1 atom stereocenters. The smallest absolute Gasteiger partial charge is 0.125 e. The lowest BCUT2D eigenvalue weighted by atomic mass is 9.96. The molecule has 3 nitrogen and oxygen atoms in total. The van der Waals surface area contributed by atoms with E-state index in [0.29, 0.717) is 19.1 Å². The van der Waals surface area contributed by atoms with Crippen LogP contribution in [0.2, 0.25) is 0 Å². The zero-order valence-electron chi connectivity index (χ0n) is 11.5. The van der Waals surface area contributed by atoms with Crippen molar-refractivity contribution in [3.05, 3.63) is 28.8 Å². The van der Waals surface area contributed by atoms with Gasteiger partial charge in [-0.25, -0.2) is 0 Å². The predicted octanol–water partition coefficient (Wildman–Crippen LogP) is 2.74. The molecule has 0 heterocycles. The lowest BCUT2D eigenvalue weighted by molar-refractivity contribution is 0.0403. The van der Waals surface area contributed by atoms with E-state index >= 15 is 0 Å². The van der Waals surface area contributed by atoms with Crippen molar-refractivity contribution in [3.63, 3.8) is 0 Å². The second-order valence-corrected chi connectivity index (χ2v) is 5.12. The van der Waals surface area contributed by atoms with E-state index in [9.17, 15) is 0 Å². The largest absolute Gasteiger partial charge is 0.496 e. The number of ether oxygens (including phenoxy) is 2. The number of aryl methyl sites for hydroxylation is 2. The topological polar surface area (TPSA) is 44.5 Å². The molecule has 0 saturated heterocycles.